The summed E-state index contributed by atoms with van der Waals surface area (Å²) >= 11 is 1.43. The van der Waals surface area contributed by atoms with Crippen molar-refractivity contribution in [1.29, 1.82) is 0 Å². The van der Waals surface area contributed by atoms with Crippen molar-refractivity contribution in [1.82, 2.24) is 9.80 Å². The minimum Gasteiger partial charge on any atom is -0.497 e. The fourth-order valence-electron chi connectivity index (χ4n) is 3.94. The number of amides is 2. The lowest BCUT2D eigenvalue weighted by molar-refractivity contribution is -0.132. The van der Waals surface area contributed by atoms with E-state index in [0.717, 1.165) is 17.7 Å². The molecule has 2 heterocycles. The lowest BCUT2D eigenvalue weighted by Crippen LogP contribution is -2.39. The van der Waals surface area contributed by atoms with Gasteiger partial charge in [0.25, 0.3) is 5.91 Å². The summed E-state index contributed by atoms with van der Waals surface area (Å²) in [6.07, 6.45) is 4.44. The molecule has 0 saturated carbocycles. The van der Waals surface area contributed by atoms with E-state index in [2.05, 4.69) is 0 Å². The minimum atomic E-state index is -0.437. The Labute approximate surface area is 196 Å². The number of hydrogen-bond donors (Lipinski definition) is 0. The zero-order chi connectivity index (χ0) is 23.2. The molecule has 2 aromatic rings. The lowest BCUT2D eigenvalue weighted by atomic mass is 10.1. The van der Waals surface area contributed by atoms with Crippen molar-refractivity contribution in [3.8, 4) is 5.75 Å². The molecule has 1 aromatic carbocycles. The van der Waals surface area contributed by atoms with Crippen molar-refractivity contribution < 1.29 is 23.5 Å². The largest absolute Gasteiger partial charge is 0.497 e. The van der Waals surface area contributed by atoms with Gasteiger partial charge in [-0.1, -0.05) is 18.2 Å². The van der Waals surface area contributed by atoms with E-state index in [4.69, 9.17) is 9.47 Å². The number of rotatable bonds is 7. The molecule has 0 unspecified atom stereocenters. The van der Waals surface area contributed by atoms with Crippen LogP contribution in [0.4, 0.5) is 4.39 Å². The van der Waals surface area contributed by atoms with Crippen LogP contribution in [0.1, 0.15) is 28.8 Å². The quantitative estimate of drug-likeness (QED) is 0.609. The molecule has 0 N–H and O–H groups in total. The molecule has 0 radical (unpaired) electrons. The summed E-state index contributed by atoms with van der Waals surface area (Å²) in [6.45, 7) is 1.05. The molecule has 1 atom stereocenters. The number of ether oxygens (including phenoxy) is 2. The summed E-state index contributed by atoms with van der Waals surface area (Å²) in [5.41, 5.74) is 2.03. The highest BCUT2D eigenvalue weighted by molar-refractivity contribution is 7.08. The number of allylic oxidation sites excluding steroid dienone is 2. The second-order valence-corrected chi connectivity index (χ2v) is 8.89. The molecule has 0 bridgehead atoms. The number of carbonyl (C=O) groups excluding carboxylic acids is 2. The highest BCUT2D eigenvalue weighted by Crippen LogP contribution is 2.22. The number of carbonyl (C=O) groups is 2. The van der Waals surface area contributed by atoms with Crippen molar-refractivity contribution in [2.75, 3.05) is 33.4 Å². The average Bonchev–Trinajstić information content (AvgIpc) is 3.32. The summed E-state index contributed by atoms with van der Waals surface area (Å²) in [5, 5.41) is 3.61. The number of nitrogens with zero attached hydrogens (tertiary/aromatic N) is 2. The van der Waals surface area contributed by atoms with Crippen molar-refractivity contribution in [2.45, 2.75) is 25.5 Å². The second kappa shape index (κ2) is 10.8. The molecule has 4 rings (SSSR count). The molecule has 2 amide bonds. The van der Waals surface area contributed by atoms with Crippen LogP contribution in [0.5, 0.6) is 5.75 Å². The number of methoxy groups -OCH3 is 1. The van der Waals surface area contributed by atoms with Crippen LogP contribution in [0.2, 0.25) is 0 Å². The van der Waals surface area contributed by atoms with Gasteiger partial charge in [0, 0.05) is 30.6 Å². The average molecular weight is 471 g/mol. The zero-order valence-corrected chi connectivity index (χ0v) is 19.4. The van der Waals surface area contributed by atoms with Gasteiger partial charge in [-0.25, -0.2) is 4.39 Å². The molecule has 1 aliphatic carbocycles. The van der Waals surface area contributed by atoms with Crippen molar-refractivity contribution in [3.05, 3.63) is 75.8 Å². The van der Waals surface area contributed by atoms with Gasteiger partial charge in [-0.15, -0.1) is 0 Å². The van der Waals surface area contributed by atoms with E-state index in [9.17, 15) is 14.0 Å². The highest BCUT2D eigenvalue weighted by atomic mass is 32.1. The minimum absolute atomic E-state index is 0.0261. The molecule has 1 fully saturated rings. The lowest BCUT2D eigenvalue weighted by Gasteiger charge is -2.25. The predicted molar refractivity (Wildman–Crippen MR) is 125 cm³/mol. The SMILES string of the molecule is COc1ccc(CN2C[C@H](OCC3=CCCC=C3F)CN(C(=O)c3ccsc3)CC2=O)cc1. The third kappa shape index (κ3) is 5.89. The molecular formula is C25H27FN2O4S. The Morgan fingerprint density at radius 2 is 1.94 bits per heavy atom. The predicted octanol–water partition coefficient (Wildman–Crippen LogP) is 4.20. The van der Waals surface area contributed by atoms with Gasteiger partial charge in [-0.3, -0.25) is 9.59 Å². The summed E-state index contributed by atoms with van der Waals surface area (Å²) in [5.74, 6) is 0.133. The molecule has 1 aromatic heterocycles. The van der Waals surface area contributed by atoms with Crippen LogP contribution in [0.3, 0.4) is 0 Å². The molecule has 1 saturated heterocycles. The number of hydrogen-bond acceptors (Lipinski definition) is 5. The van der Waals surface area contributed by atoms with Gasteiger partial charge >= 0.3 is 0 Å². The number of thiophene rings is 1. The fraction of sp³-hybridized carbons (Fsp3) is 0.360. The maximum Gasteiger partial charge on any atom is 0.255 e. The van der Waals surface area contributed by atoms with Gasteiger partial charge in [-0.2, -0.15) is 11.3 Å². The topological polar surface area (TPSA) is 59.1 Å². The van der Waals surface area contributed by atoms with Crippen LogP contribution in [-0.2, 0) is 16.1 Å². The highest BCUT2D eigenvalue weighted by Gasteiger charge is 2.32. The third-order valence-corrected chi connectivity index (χ3v) is 6.46. The second-order valence-electron chi connectivity index (χ2n) is 8.11. The Bertz CT molecular complexity index is 1030. The molecule has 8 heteroatoms. The van der Waals surface area contributed by atoms with Crippen molar-refractivity contribution in [3.63, 3.8) is 0 Å². The van der Waals surface area contributed by atoms with E-state index in [-0.39, 0.29) is 37.3 Å². The van der Waals surface area contributed by atoms with Crippen LogP contribution >= 0.6 is 11.3 Å². The van der Waals surface area contributed by atoms with Crippen molar-refractivity contribution in [2.24, 2.45) is 0 Å². The van der Waals surface area contributed by atoms with E-state index < -0.39 is 6.10 Å². The number of benzene rings is 1. The third-order valence-electron chi connectivity index (χ3n) is 5.78. The normalized spacial score (nSPS) is 19.1. The van der Waals surface area contributed by atoms with Crippen LogP contribution < -0.4 is 4.74 Å². The van der Waals surface area contributed by atoms with Gasteiger partial charge in [0.15, 0.2) is 0 Å². The summed E-state index contributed by atoms with van der Waals surface area (Å²) in [7, 11) is 1.61. The maximum atomic E-state index is 14.1. The monoisotopic (exact) mass is 470 g/mol. The fourth-order valence-corrected chi connectivity index (χ4v) is 4.57. The first-order valence-electron chi connectivity index (χ1n) is 10.9. The molecule has 174 valence electrons. The summed E-state index contributed by atoms with van der Waals surface area (Å²) in [4.78, 5) is 29.3. The van der Waals surface area contributed by atoms with Gasteiger partial charge < -0.3 is 19.3 Å². The van der Waals surface area contributed by atoms with Crippen LogP contribution in [0.15, 0.2) is 64.6 Å². The first kappa shape index (κ1) is 23.2. The van der Waals surface area contributed by atoms with Crippen LogP contribution in [-0.4, -0.2) is 61.1 Å². The number of halogens is 1. The standard InChI is InChI=1S/C25H27FN2O4S/c1-31-21-8-6-18(7-9-21)12-27-13-22(32-16-19-4-2-3-5-23(19)26)14-28(15-24(27)29)25(30)20-10-11-33-17-20/h4-11,17,22H,2-3,12-16H2,1H3/t22-/m0/s1. The smallest absolute Gasteiger partial charge is 0.255 e. The Morgan fingerprint density at radius 1 is 1.15 bits per heavy atom. The van der Waals surface area contributed by atoms with Crippen molar-refractivity contribution >= 4 is 23.2 Å². The van der Waals surface area contributed by atoms with Gasteiger partial charge in [0.1, 0.15) is 18.1 Å². The van der Waals surface area contributed by atoms with E-state index in [0.29, 0.717) is 30.6 Å². The van der Waals surface area contributed by atoms with E-state index in [1.54, 1.807) is 29.5 Å². The summed E-state index contributed by atoms with van der Waals surface area (Å²) < 4.78 is 25.4. The Balaban J connectivity index is 1.51. The van der Waals surface area contributed by atoms with E-state index in [1.807, 2.05) is 35.7 Å². The first-order valence-corrected chi connectivity index (χ1v) is 11.9. The molecule has 33 heavy (non-hydrogen) atoms. The van der Waals surface area contributed by atoms with E-state index >= 15 is 0 Å². The Kier molecular flexibility index (Phi) is 7.57. The zero-order valence-electron chi connectivity index (χ0n) is 18.5. The molecule has 2 aliphatic rings. The van der Waals surface area contributed by atoms with Gasteiger partial charge in [-0.05, 0) is 48.1 Å². The van der Waals surface area contributed by atoms with Gasteiger partial charge in [0.2, 0.25) is 5.91 Å². The molecular weight excluding hydrogens is 443 g/mol. The Morgan fingerprint density at radius 3 is 2.64 bits per heavy atom. The van der Waals surface area contributed by atoms with Gasteiger partial charge in [0.05, 0.1) is 25.4 Å². The maximum absolute atomic E-state index is 14.1. The van der Waals surface area contributed by atoms with Crippen LogP contribution in [0, 0.1) is 0 Å². The van der Waals surface area contributed by atoms with Crippen LogP contribution in [0.25, 0.3) is 0 Å². The molecule has 0 spiro atoms. The molecule has 1 aliphatic heterocycles. The van der Waals surface area contributed by atoms with E-state index in [1.165, 1.54) is 16.2 Å². The Hall–Kier alpha value is -2.97. The first-order chi connectivity index (χ1) is 16.0. The summed E-state index contributed by atoms with van der Waals surface area (Å²) in [6, 6.07) is 9.27. The molecule has 6 nitrogen and oxygen atoms in total.